The average Bonchev–Trinajstić information content (AvgIpc) is 2.61. The van der Waals surface area contributed by atoms with Gasteiger partial charge in [0.15, 0.2) is 0 Å². The lowest BCUT2D eigenvalue weighted by atomic mass is 10.1. The monoisotopic (exact) mass is 240 g/mol. The van der Waals surface area contributed by atoms with Crippen molar-refractivity contribution in [1.82, 2.24) is 0 Å². The van der Waals surface area contributed by atoms with Crippen molar-refractivity contribution in [1.29, 1.82) is 0 Å². The third-order valence-electron chi connectivity index (χ3n) is 2.73. The van der Waals surface area contributed by atoms with E-state index in [1.165, 1.54) is 0 Å². The van der Waals surface area contributed by atoms with Gasteiger partial charge in [0.05, 0.1) is 0 Å². The molecule has 1 aromatic carbocycles. The average molecular weight is 240 g/mol. The first-order chi connectivity index (χ1) is 8.78. The minimum Gasteiger partial charge on any atom is -0.489 e. The van der Waals surface area contributed by atoms with Gasteiger partial charge in [-0.3, -0.25) is 4.79 Å². The smallest absolute Gasteiger partial charge is 0.150 e. The fourth-order valence-electron chi connectivity index (χ4n) is 1.77. The van der Waals surface area contributed by atoms with Gasteiger partial charge in [0, 0.05) is 5.56 Å². The van der Waals surface area contributed by atoms with Gasteiger partial charge >= 0.3 is 0 Å². The molecule has 0 N–H and O–H groups in total. The van der Waals surface area contributed by atoms with Crippen molar-refractivity contribution in [3.05, 3.63) is 65.8 Å². The van der Waals surface area contributed by atoms with E-state index in [-0.39, 0.29) is 0 Å². The molecule has 0 saturated carbocycles. The summed E-state index contributed by atoms with van der Waals surface area (Å²) in [7, 11) is 0. The second-order valence-electron chi connectivity index (χ2n) is 4.32. The largest absolute Gasteiger partial charge is 0.489 e. The summed E-state index contributed by atoms with van der Waals surface area (Å²) in [5.41, 5.74) is 1.82. The van der Waals surface area contributed by atoms with Crippen molar-refractivity contribution < 1.29 is 9.53 Å². The van der Waals surface area contributed by atoms with Crippen LogP contribution in [0.1, 0.15) is 17.3 Å². The summed E-state index contributed by atoms with van der Waals surface area (Å²) >= 11 is 0. The number of carbonyl (C=O) groups excluding carboxylic acids is 1. The van der Waals surface area contributed by atoms with E-state index in [4.69, 9.17) is 4.74 Å². The molecule has 0 spiro atoms. The van der Waals surface area contributed by atoms with Crippen molar-refractivity contribution in [2.24, 2.45) is 5.92 Å². The maximum Gasteiger partial charge on any atom is 0.150 e. The first-order valence-electron chi connectivity index (χ1n) is 6.01. The number of hydrogen-bond donors (Lipinski definition) is 0. The molecule has 0 fully saturated rings. The van der Waals surface area contributed by atoms with Gasteiger partial charge in [-0.05, 0) is 35.8 Å². The Balaban J connectivity index is 1.96. The van der Waals surface area contributed by atoms with Gasteiger partial charge in [-0.25, -0.2) is 0 Å². The Bertz CT molecular complexity index is 492. The van der Waals surface area contributed by atoms with Crippen LogP contribution >= 0.6 is 0 Å². The van der Waals surface area contributed by atoms with Crippen LogP contribution in [0.15, 0.2) is 60.2 Å². The van der Waals surface area contributed by atoms with E-state index in [9.17, 15) is 4.79 Å². The van der Waals surface area contributed by atoms with Crippen LogP contribution in [0.5, 0.6) is 5.75 Å². The highest BCUT2D eigenvalue weighted by Crippen LogP contribution is 2.15. The van der Waals surface area contributed by atoms with Gasteiger partial charge in [-0.1, -0.05) is 37.3 Å². The summed E-state index contributed by atoms with van der Waals surface area (Å²) in [6, 6.07) is 7.13. The van der Waals surface area contributed by atoms with E-state index in [0.29, 0.717) is 18.1 Å². The molecule has 1 aliphatic carbocycles. The Morgan fingerprint density at radius 3 is 2.72 bits per heavy atom. The molecule has 1 aliphatic rings. The zero-order valence-electron chi connectivity index (χ0n) is 10.4. The molecule has 0 bridgehead atoms. The van der Waals surface area contributed by atoms with E-state index < -0.39 is 0 Å². The standard InChI is InChI=1S/C16H16O2/c1-13-4-2-3-5-15(10-13)12-18-16-8-6-14(11-17)7-9-16/h2-11,13H,12H2,1H3. The first kappa shape index (κ1) is 12.4. The fourth-order valence-corrected chi connectivity index (χ4v) is 1.77. The summed E-state index contributed by atoms with van der Waals surface area (Å²) in [6.07, 6.45) is 11.3. The third-order valence-corrected chi connectivity index (χ3v) is 2.73. The summed E-state index contributed by atoms with van der Waals surface area (Å²) in [6.45, 7) is 2.69. The number of carbonyl (C=O) groups is 1. The molecule has 0 radical (unpaired) electrons. The Kier molecular flexibility index (Phi) is 4.13. The number of ether oxygens (including phenoxy) is 1. The molecule has 92 valence electrons. The molecular weight excluding hydrogens is 224 g/mol. The summed E-state index contributed by atoms with van der Waals surface area (Å²) in [4.78, 5) is 10.5. The van der Waals surface area contributed by atoms with E-state index in [0.717, 1.165) is 17.6 Å². The number of allylic oxidation sites excluding steroid dienone is 4. The van der Waals surface area contributed by atoms with Crippen LogP contribution in [0.3, 0.4) is 0 Å². The zero-order valence-corrected chi connectivity index (χ0v) is 10.4. The van der Waals surface area contributed by atoms with Gasteiger partial charge < -0.3 is 4.74 Å². The second kappa shape index (κ2) is 6.01. The predicted octanol–water partition coefficient (Wildman–Crippen LogP) is 3.57. The molecule has 0 heterocycles. The molecule has 2 nitrogen and oxygen atoms in total. The Morgan fingerprint density at radius 2 is 2.00 bits per heavy atom. The van der Waals surface area contributed by atoms with E-state index in [2.05, 4.69) is 25.2 Å². The van der Waals surface area contributed by atoms with Gasteiger partial charge in [0.1, 0.15) is 18.6 Å². The zero-order chi connectivity index (χ0) is 12.8. The van der Waals surface area contributed by atoms with E-state index >= 15 is 0 Å². The Hall–Kier alpha value is -2.09. The van der Waals surface area contributed by atoms with Crippen LogP contribution < -0.4 is 4.74 Å². The summed E-state index contributed by atoms with van der Waals surface area (Å²) in [5, 5.41) is 0. The van der Waals surface area contributed by atoms with Crippen LogP contribution in [0.25, 0.3) is 0 Å². The second-order valence-corrected chi connectivity index (χ2v) is 4.32. The molecular formula is C16H16O2. The number of rotatable bonds is 4. The maximum atomic E-state index is 10.5. The molecule has 0 aromatic heterocycles. The molecule has 1 unspecified atom stereocenters. The normalized spacial score (nSPS) is 18.1. The van der Waals surface area contributed by atoms with Crippen molar-refractivity contribution in [2.75, 3.05) is 6.61 Å². The van der Waals surface area contributed by atoms with Crippen molar-refractivity contribution in [2.45, 2.75) is 6.92 Å². The Labute approximate surface area is 107 Å². The van der Waals surface area contributed by atoms with Crippen LogP contribution in [0.4, 0.5) is 0 Å². The molecule has 1 atom stereocenters. The molecule has 2 rings (SSSR count). The quantitative estimate of drug-likeness (QED) is 0.752. The topological polar surface area (TPSA) is 26.3 Å². The highest BCUT2D eigenvalue weighted by molar-refractivity contribution is 5.74. The molecule has 0 aliphatic heterocycles. The lowest BCUT2D eigenvalue weighted by Crippen LogP contribution is -2.00. The lowest BCUT2D eigenvalue weighted by molar-refractivity contribution is 0.112. The summed E-state index contributed by atoms with van der Waals surface area (Å²) < 4.78 is 5.69. The Morgan fingerprint density at radius 1 is 1.22 bits per heavy atom. The van der Waals surface area contributed by atoms with E-state index in [1.54, 1.807) is 12.1 Å². The highest BCUT2D eigenvalue weighted by Gasteiger charge is 2.01. The number of benzene rings is 1. The highest BCUT2D eigenvalue weighted by atomic mass is 16.5. The predicted molar refractivity (Wildman–Crippen MR) is 72.9 cm³/mol. The van der Waals surface area contributed by atoms with Crippen LogP contribution in [-0.4, -0.2) is 12.9 Å². The molecule has 0 amide bonds. The minimum atomic E-state index is 0.427. The fraction of sp³-hybridized carbons (Fsp3) is 0.188. The molecule has 1 aromatic rings. The van der Waals surface area contributed by atoms with Gasteiger partial charge in [0.2, 0.25) is 0 Å². The van der Waals surface area contributed by atoms with Crippen molar-refractivity contribution >= 4 is 6.29 Å². The van der Waals surface area contributed by atoms with Crippen LogP contribution in [0.2, 0.25) is 0 Å². The number of hydrogen-bond acceptors (Lipinski definition) is 2. The summed E-state index contributed by atoms with van der Waals surface area (Å²) in [5.74, 6) is 1.20. The van der Waals surface area contributed by atoms with Crippen LogP contribution in [0, 0.1) is 5.92 Å². The van der Waals surface area contributed by atoms with Crippen molar-refractivity contribution in [3.8, 4) is 5.75 Å². The van der Waals surface area contributed by atoms with Gasteiger partial charge in [-0.15, -0.1) is 0 Å². The molecule has 0 saturated heterocycles. The van der Waals surface area contributed by atoms with Crippen LogP contribution in [-0.2, 0) is 0 Å². The van der Waals surface area contributed by atoms with Crippen molar-refractivity contribution in [3.63, 3.8) is 0 Å². The maximum absolute atomic E-state index is 10.5. The number of aldehydes is 1. The first-order valence-corrected chi connectivity index (χ1v) is 6.01. The molecule has 18 heavy (non-hydrogen) atoms. The van der Waals surface area contributed by atoms with Gasteiger partial charge in [-0.2, -0.15) is 0 Å². The molecule has 2 heteroatoms. The SMILES string of the molecule is CC1C=CC=CC(COc2ccc(C=O)cc2)=C1. The minimum absolute atomic E-state index is 0.427. The van der Waals surface area contributed by atoms with Gasteiger partial charge in [0.25, 0.3) is 0 Å². The third kappa shape index (κ3) is 3.45. The lowest BCUT2D eigenvalue weighted by Gasteiger charge is -2.08. The van der Waals surface area contributed by atoms with E-state index in [1.807, 2.05) is 24.3 Å².